The lowest BCUT2D eigenvalue weighted by Gasteiger charge is -2.20. The number of hydrogen-bond acceptors (Lipinski definition) is 3. The van der Waals surface area contributed by atoms with Crippen molar-refractivity contribution in [2.45, 2.75) is 6.54 Å². The molecule has 1 aromatic carbocycles. The van der Waals surface area contributed by atoms with Crippen LogP contribution in [0.25, 0.3) is 6.08 Å². The van der Waals surface area contributed by atoms with Gasteiger partial charge in [0.2, 0.25) is 0 Å². The highest BCUT2D eigenvalue weighted by atomic mass is 79.9. The first-order valence-electron chi connectivity index (χ1n) is 6.10. The smallest absolute Gasteiger partial charge is 0.328 e. The molecule has 0 radical (unpaired) electrons. The largest absolute Gasteiger partial charge is 0.478 e. The van der Waals surface area contributed by atoms with Gasteiger partial charge in [0.25, 0.3) is 0 Å². The van der Waals surface area contributed by atoms with E-state index in [9.17, 15) is 4.79 Å². The van der Waals surface area contributed by atoms with Crippen molar-refractivity contribution in [1.82, 2.24) is 0 Å². The molecule has 0 amide bonds. The third kappa shape index (κ3) is 4.69. The Labute approximate surface area is 144 Å². The number of hydrogen-bond donors (Lipinski definition) is 1. The molecule has 3 nitrogen and oxygen atoms in total. The number of benzene rings is 1. The van der Waals surface area contributed by atoms with Crippen molar-refractivity contribution < 1.29 is 9.90 Å². The van der Waals surface area contributed by atoms with Crippen LogP contribution in [-0.2, 0) is 11.3 Å². The molecule has 2 aromatic rings. The Bertz CT molecular complexity index is 682. The van der Waals surface area contributed by atoms with Gasteiger partial charge >= 0.3 is 5.97 Å². The number of aliphatic carboxylic acids is 1. The van der Waals surface area contributed by atoms with E-state index in [0.29, 0.717) is 0 Å². The Morgan fingerprint density at radius 3 is 2.71 bits per heavy atom. The van der Waals surface area contributed by atoms with Gasteiger partial charge in [-0.3, -0.25) is 0 Å². The predicted octanol–water partition coefficient (Wildman–Crippen LogP) is 5.01. The van der Waals surface area contributed by atoms with Crippen LogP contribution in [-0.4, -0.2) is 18.1 Å². The van der Waals surface area contributed by atoms with Gasteiger partial charge in [-0.15, -0.1) is 11.3 Å². The third-order valence-corrected chi connectivity index (χ3v) is 5.13. The minimum absolute atomic E-state index is 0.819. The molecule has 0 aliphatic heterocycles. The normalized spacial score (nSPS) is 11.0. The minimum atomic E-state index is -0.949. The first-order valence-corrected chi connectivity index (χ1v) is 8.57. The van der Waals surface area contributed by atoms with Crippen molar-refractivity contribution in [2.24, 2.45) is 0 Å². The number of anilines is 1. The summed E-state index contributed by atoms with van der Waals surface area (Å²) in [6.07, 6.45) is 2.71. The minimum Gasteiger partial charge on any atom is -0.478 e. The fourth-order valence-corrected chi connectivity index (χ4v) is 4.06. The van der Waals surface area contributed by atoms with E-state index >= 15 is 0 Å². The summed E-state index contributed by atoms with van der Waals surface area (Å²) in [5.41, 5.74) is 1.91. The Kier molecular flexibility index (Phi) is 5.61. The van der Waals surface area contributed by atoms with Crippen LogP contribution < -0.4 is 4.90 Å². The zero-order valence-electron chi connectivity index (χ0n) is 11.2. The van der Waals surface area contributed by atoms with E-state index in [2.05, 4.69) is 48.2 Å². The van der Waals surface area contributed by atoms with Crippen LogP contribution in [0.5, 0.6) is 0 Å². The van der Waals surface area contributed by atoms with Crippen molar-refractivity contribution in [1.29, 1.82) is 0 Å². The van der Waals surface area contributed by atoms with Gasteiger partial charge < -0.3 is 10.0 Å². The molecular formula is C15H13Br2NO2S. The van der Waals surface area contributed by atoms with Gasteiger partial charge in [0.05, 0.1) is 12.2 Å². The second-order valence-electron chi connectivity index (χ2n) is 4.47. The number of carboxylic acid groups (broad SMARTS) is 1. The van der Waals surface area contributed by atoms with Crippen LogP contribution in [0.15, 0.2) is 44.7 Å². The topological polar surface area (TPSA) is 40.5 Å². The van der Waals surface area contributed by atoms with Gasteiger partial charge in [0.15, 0.2) is 0 Å². The van der Waals surface area contributed by atoms with Gasteiger partial charge in [-0.05, 0) is 61.7 Å². The van der Waals surface area contributed by atoms with E-state index in [4.69, 9.17) is 5.11 Å². The lowest BCUT2D eigenvalue weighted by atomic mass is 10.2. The lowest BCUT2D eigenvalue weighted by Crippen LogP contribution is -2.16. The van der Waals surface area contributed by atoms with Crippen LogP contribution in [0.3, 0.4) is 0 Å². The van der Waals surface area contributed by atoms with Crippen molar-refractivity contribution >= 4 is 60.9 Å². The van der Waals surface area contributed by atoms with Crippen molar-refractivity contribution in [3.63, 3.8) is 0 Å². The van der Waals surface area contributed by atoms with E-state index in [0.717, 1.165) is 32.8 Å². The van der Waals surface area contributed by atoms with E-state index in [-0.39, 0.29) is 0 Å². The molecule has 0 spiro atoms. The summed E-state index contributed by atoms with van der Waals surface area (Å²) in [4.78, 5) is 13.9. The first-order chi connectivity index (χ1) is 9.95. The molecule has 1 heterocycles. The number of nitrogens with zero attached hydrogens (tertiary/aromatic N) is 1. The number of thiophene rings is 1. The maximum atomic E-state index is 10.5. The highest BCUT2D eigenvalue weighted by Gasteiger charge is 2.08. The fraction of sp³-hybridized carbons (Fsp3) is 0.133. The Morgan fingerprint density at radius 1 is 1.38 bits per heavy atom. The second kappa shape index (κ2) is 7.24. The molecule has 0 saturated carbocycles. The van der Waals surface area contributed by atoms with Crippen LogP contribution >= 0.6 is 43.2 Å². The molecule has 0 fully saturated rings. The quantitative estimate of drug-likeness (QED) is 0.678. The molecule has 0 atom stereocenters. The molecule has 0 aliphatic carbocycles. The van der Waals surface area contributed by atoms with Crippen molar-refractivity contribution in [3.05, 3.63) is 55.1 Å². The summed E-state index contributed by atoms with van der Waals surface area (Å²) >= 11 is 8.72. The van der Waals surface area contributed by atoms with Crippen LogP contribution in [0.4, 0.5) is 5.69 Å². The summed E-state index contributed by atoms with van der Waals surface area (Å²) in [6.45, 7) is 0.819. The van der Waals surface area contributed by atoms with E-state index in [1.54, 1.807) is 17.4 Å². The molecular weight excluding hydrogens is 418 g/mol. The summed E-state index contributed by atoms with van der Waals surface area (Å²) in [5.74, 6) is -0.949. The molecule has 2 rings (SSSR count). The van der Waals surface area contributed by atoms with Crippen molar-refractivity contribution in [2.75, 3.05) is 11.9 Å². The van der Waals surface area contributed by atoms with Gasteiger partial charge in [-0.2, -0.15) is 0 Å². The van der Waals surface area contributed by atoms with E-state index in [1.807, 2.05) is 25.2 Å². The number of rotatable bonds is 5. The maximum Gasteiger partial charge on any atom is 0.328 e. The molecule has 21 heavy (non-hydrogen) atoms. The summed E-state index contributed by atoms with van der Waals surface area (Å²) in [5, 5.41) is 10.7. The zero-order chi connectivity index (χ0) is 15.4. The van der Waals surface area contributed by atoms with Gasteiger partial charge in [0.1, 0.15) is 0 Å². The molecule has 1 N–H and O–H groups in total. The van der Waals surface area contributed by atoms with Crippen LogP contribution in [0.2, 0.25) is 0 Å². The number of carboxylic acids is 1. The van der Waals surface area contributed by atoms with E-state index in [1.165, 1.54) is 4.88 Å². The average Bonchev–Trinajstić information content (AvgIpc) is 2.81. The Morgan fingerprint density at radius 2 is 2.14 bits per heavy atom. The van der Waals surface area contributed by atoms with Crippen molar-refractivity contribution in [3.8, 4) is 0 Å². The SMILES string of the molecule is CN(Cc1cc(Br)cs1)c1ccc(/C=C/C(=O)O)cc1Br. The summed E-state index contributed by atoms with van der Waals surface area (Å²) in [6, 6.07) is 7.91. The molecule has 0 bridgehead atoms. The number of carbonyl (C=O) groups is 1. The molecule has 0 aliphatic rings. The molecule has 0 unspecified atom stereocenters. The average molecular weight is 431 g/mol. The van der Waals surface area contributed by atoms with Gasteiger partial charge in [-0.1, -0.05) is 6.07 Å². The first kappa shape index (κ1) is 16.3. The molecule has 6 heteroatoms. The fourth-order valence-electron chi connectivity index (χ4n) is 1.86. The Hall–Kier alpha value is -1.11. The highest BCUT2D eigenvalue weighted by molar-refractivity contribution is 9.10. The monoisotopic (exact) mass is 429 g/mol. The molecule has 110 valence electrons. The van der Waals surface area contributed by atoms with E-state index < -0.39 is 5.97 Å². The maximum absolute atomic E-state index is 10.5. The van der Waals surface area contributed by atoms with Crippen LogP contribution in [0.1, 0.15) is 10.4 Å². The number of halogens is 2. The van der Waals surface area contributed by atoms with Gasteiger partial charge in [0, 0.05) is 32.3 Å². The third-order valence-electron chi connectivity index (χ3n) is 2.82. The van der Waals surface area contributed by atoms with Crippen LogP contribution in [0, 0.1) is 0 Å². The van der Waals surface area contributed by atoms with Gasteiger partial charge in [-0.25, -0.2) is 4.79 Å². The standard InChI is InChI=1S/C15H13Br2NO2S/c1-18(8-12-7-11(16)9-21-12)14-4-2-10(6-13(14)17)3-5-15(19)20/h2-7,9H,8H2,1H3,(H,19,20)/b5-3+. The second-order valence-corrected chi connectivity index (χ2v) is 7.24. The zero-order valence-corrected chi connectivity index (χ0v) is 15.2. The highest BCUT2D eigenvalue weighted by Crippen LogP contribution is 2.29. The summed E-state index contributed by atoms with van der Waals surface area (Å²) < 4.78 is 2.04. The lowest BCUT2D eigenvalue weighted by molar-refractivity contribution is -0.131. The Balaban J connectivity index is 2.14. The summed E-state index contributed by atoms with van der Waals surface area (Å²) in [7, 11) is 2.03. The molecule has 0 saturated heterocycles. The predicted molar refractivity (Wildman–Crippen MR) is 94.9 cm³/mol. The molecule has 1 aromatic heterocycles.